The predicted molar refractivity (Wildman–Crippen MR) is 93.4 cm³/mol. The second kappa shape index (κ2) is 6.73. The third kappa shape index (κ3) is 3.21. The Morgan fingerprint density at radius 1 is 1.04 bits per heavy atom. The molecule has 4 rings (SSSR count). The molecule has 0 atom stereocenters. The maximum absolute atomic E-state index is 13.0. The summed E-state index contributed by atoms with van der Waals surface area (Å²) < 4.78 is 5.92. The van der Waals surface area contributed by atoms with Crippen LogP contribution < -0.4 is 4.74 Å². The minimum absolute atomic E-state index is 0.0407. The largest absolute Gasteiger partial charge is 0.457 e. The SMILES string of the molecule is O=C(c1ccccc1Oc1ccccc1)N1CCc2ncncc2C1. The molecule has 1 aliphatic rings. The highest BCUT2D eigenvalue weighted by atomic mass is 16.5. The molecule has 0 unspecified atom stereocenters. The number of nitrogens with zero attached hydrogens (tertiary/aromatic N) is 3. The van der Waals surface area contributed by atoms with E-state index in [2.05, 4.69) is 9.97 Å². The van der Waals surface area contributed by atoms with Gasteiger partial charge in [0.05, 0.1) is 11.3 Å². The smallest absolute Gasteiger partial charge is 0.257 e. The molecule has 1 amide bonds. The molecule has 0 fully saturated rings. The van der Waals surface area contributed by atoms with Crippen LogP contribution in [0.2, 0.25) is 0 Å². The summed E-state index contributed by atoms with van der Waals surface area (Å²) in [6, 6.07) is 16.8. The van der Waals surface area contributed by atoms with E-state index in [1.54, 1.807) is 18.6 Å². The van der Waals surface area contributed by atoms with Gasteiger partial charge in [0.1, 0.15) is 17.8 Å². The van der Waals surface area contributed by atoms with Gasteiger partial charge in [0.25, 0.3) is 5.91 Å². The maximum Gasteiger partial charge on any atom is 0.257 e. The quantitative estimate of drug-likeness (QED) is 0.737. The standard InChI is InChI=1S/C20H17N3O2/c24-20(23-11-10-18-15(13-23)12-21-14-22-18)17-8-4-5-9-19(17)25-16-6-2-1-3-7-16/h1-9,12,14H,10-11,13H2. The lowest BCUT2D eigenvalue weighted by Crippen LogP contribution is -2.36. The summed E-state index contributed by atoms with van der Waals surface area (Å²) in [7, 11) is 0. The number of aromatic nitrogens is 2. The van der Waals surface area contributed by atoms with Gasteiger partial charge in [0.2, 0.25) is 0 Å². The number of benzene rings is 2. The average Bonchev–Trinajstić information content (AvgIpc) is 2.68. The third-order valence-corrected chi connectivity index (χ3v) is 4.24. The first kappa shape index (κ1) is 15.3. The van der Waals surface area contributed by atoms with Gasteiger partial charge in [-0.2, -0.15) is 0 Å². The van der Waals surface area contributed by atoms with Crippen molar-refractivity contribution in [3.05, 3.63) is 83.9 Å². The molecule has 0 N–H and O–H groups in total. The molecule has 0 saturated carbocycles. The average molecular weight is 331 g/mol. The van der Waals surface area contributed by atoms with E-state index in [9.17, 15) is 4.79 Å². The predicted octanol–water partition coefficient (Wildman–Crippen LogP) is 3.47. The fourth-order valence-corrected chi connectivity index (χ4v) is 2.96. The molecule has 0 spiro atoms. The molecule has 0 saturated heterocycles. The van der Waals surface area contributed by atoms with Gasteiger partial charge in [-0.3, -0.25) is 4.79 Å². The highest BCUT2D eigenvalue weighted by Gasteiger charge is 2.24. The molecule has 3 aromatic rings. The number of carbonyl (C=O) groups is 1. The molecule has 5 heteroatoms. The molecule has 0 aliphatic carbocycles. The Morgan fingerprint density at radius 2 is 1.84 bits per heavy atom. The Balaban J connectivity index is 1.59. The Hall–Kier alpha value is -3.21. The molecular weight excluding hydrogens is 314 g/mol. The molecule has 5 nitrogen and oxygen atoms in total. The van der Waals surface area contributed by atoms with Crippen molar-refractivity contribution in [2.75, 3.05) is 6.54 Å². The first-order chi connectivity index (χ1) is 12.3. The van der Waals surface area contributed by atoms with Crippen molar-refractivity contribution < 1.29 is 9.53 Å². The number of carbonyl (C=O) groups excluding carboxylic acids is 1. The van der Waals surface area contributed by atoms with Gasteiger partial charge in [-0.25, -0.2) is 9.97 Å². The molecule has 1 aromatic heterocycles. The van der Waals surface area contributed by atoms with Gasteiger partial charge >= 0.3 is 0 Å². The van der Waals surface area contributed by atoms with Crippen LogP contribution in [0.4, 0.5) is 0 Å². The van der Waals surface area contributed by atoms with E-state index in [4.69, 9.17) is 4.74 Å². The van der Waals surface area contributed by atoms with Crippen LogP contribution in [-0.2, 0) is 13.0 Å². The molecule has 2 heterocycles. The number of hydrogen-bond donors (Lipinski definition) is 0. The third-order valence-electron chi connectivity index (χ3n) is 4.24. The molecular formula is C20H17N3O2. The van der Waals surface area contributed by atoms with Gasteiger partial charge in [-0.05, 0) is 24.3 Å². The number of ether oxygens (including phenoxy) is 1. The molecule has 1 aliphatic heterocycles. The van der Waals surface area contributed by atoms with Crippen molar-refractivity contribution in [1.29, 1.82) is 0 Å². The summed E-state index contributed by atoms with van der Waals surface area (Å²) in [6.45, 7) is 1.16. The van der Waals surface area contributed by atoms with Crippen molar-refractivity contribution in [2.24, 2.45) is 0 Å². The van der Waals surface area contributed by atoms with Crippen molar-refractivity contribution in [1.82, 2.24) is 14.9 Å². The number of rotatable bonds is 3. The summed E-state index contributed by atoms with van der Waals surface area (Å²) in [5, 5.41) is 0. The lowest BCUT2D eigenvalue weighted by molar-refractivity contribution is 0.0730. The summed E-state index contributed by atoms with van der Waals surface area (Å²) in [6.07, 6.45) is 4.08. The molecule has 0 bridgehead atoms. The van der Waals surface area contributed by atoms with Gasteiger partial charge in [-0.15, -0.1) is 0 Å². The topological polar surface area (TPSA) is 55.3 Å². The first-order valence-electron chi connectivity index (χ1n) is 8.20. The Labute approximate surface area is 145 Å². The molecule has 2 aromatic carbocycles. The number of para-hydroxylation sites is 2. The maximum atomic E-state index is 13.0. The van der Waals surface area contributed by atoms with Crippen molar-refractivity contribution in [3.63, 3.8) is 0 Å². The summed E-state index contributed by atoms with van der Waals surface area (Å²) in [5.41, 5.74) is 2.59. The zero-order valence-electron chi connectivity index (χ0n) is 13.6. The first-order valence-corrected chi connectivity index (χ1v) is 8.20. The number of hydrogen-bond acceptors (Lipinski definition) is 4. The van der Waals surface area contributed by atoms with Crippen LogP contribution >= 0.6 is 0 Å². The van der Waals surface area contributed by atoms with E-state index in [1.807, 2.05) is 53.4 Å². The van der Waals surface area contributed by atoms with Crippen LogP contribution in [0.3, 0.4) is 0 Å². The fourth-order valence-electron chi connectivity index (χ4n) is 2.96. The van der Waals surface area contributed by atoms with E-state index < -0.39 is 0 Å². The summed E-state index contributed by atoms with van der Waals surface area (Å²) >= 11 is 0. The van der Waals surface area contributed by atoms with Crippen LogP contribution in [-0.4, -0.2) is 27.3 Å². The van der Waals surface area contributed by atoms with Crippen molar-refractivity contribution >= 4 is 5.91 Å². The normalized spacial score (nSPS) is 13.2. The fraction of sp³-hybridized carbons (Fsp3) is 0.150. The van der Waals surface area contributed by atoms with Gasteiger partial charge in [0, 0.05) is 31.3 Å². The number of fused-ring (bicyclic) bond motifs is 1. The second-order valence-electron chi connectivity index (χ2n) is 5.88. The second-order valence-corrected chi connectivity index (χ2v) is 5.88. The van der Waals surface area contributed by atoms with Crippen molar-refractivity contribution in [2.45, 2.75) is 13.0 Å². The van der Waals surface area contributed by atoms with Crippen LogP contribution in [0.15, 0.2) is 67.1 Å². The lowest BCUT2D eigenvalue weighted by Gasteiger charge is -2.28. The highest BCUT2D eigenvalue weighted by molar-refractivity contribution is 5.97. The zero-order valence-corrected chi connectivity index (χ0v) is 13.6. The van der Waals surface area contributed by atoms with Gasteiger partial charge < -0.3 is 9.64 Å². The monoisotopic (exact) mass is 331 g/mol. The minimum Gasteiger partial charge on any atom is -0.457 e. The van der Waals surface area contributed by atoms with Gasteiger partial charge in [-0.1, -0.05) is 30.3 Å². The van der Waals surface area contributed by atoms with E-state index in [-0.39, 0.29) is 5.91 Å². The van der Waals surface area contributed by atoms with E-state index in [1.165, 1.54) is 0 Å². The summed E-state index contributed by atoms with van der Waals surface area (Å²) in [5.74, 6) is 1.23. The Bertz CT molecular complexity index is 896. The van der Waals surface area contributed by atoms with Crippen LogP contribution in [0.5, 0.6) is 11.5 Å². The van der Waals surface area contributed by atoms with E-state index in [0.717, 1.165) is 17.7 Å². The lowest BCUT2D eigenvalue weighted by atomic mass is 10.1. The number of amides is 1. The Kier molecular flexibility index (Phi) is 4.12. The van der Waals surface area contributed by atoms with Crippen LogP contribution in [0, 0.1) is 0 Å². The molecule has 25 heavy (non-hydrogen) atoms. The van der Waals surface area contributed by atoms with E-state index in [0.29, 0.717) is 30.2 Å². The molecule has 0 radical (unpaired) electrons. The summed E-state index contributed by atoms with van der Waals surface area (Å²) in [4.78, 5) is 23.2. The highest BCUT2D eigenvalue weighted by Crippen LogP contribution is 2.27. The minimum atomic E-state index is -0.0407. The van der Waals surface area contributed by atoms with Crippen LogP contribution in [0.25, 0.3) is 0 Å². The van der Waals surface area contributed by atoms with Gasteiger partial charge in [0.15, 0.2) is 0 Å². The Morgan fingerprint density at radius 3 is 2.72 bits per heavy atom. The zero-order chi connectivity index (χ0) is 17.1. The van der Waals surface area contributed by atoms with Crippen molar-refractivity contribution in [3.8, 4) is 11.5 Å². The molecule has 124 valence electrons. The van der Waals surface area contributed by atoms with E-state index >= 15 is 0 Å². The van der Waals surface area contributed by atoms with Crippen LogP contribution in [0.1, 0.15) is 21.6 Å².